The van der Waals surface area contributed by atoms with E-state index in [0.717, 1.165) is 36.8 Å². The molecular formula is C21H21ClO3. The van der Waals surface area contributed by atoms with Crippen LogP contribution in [0.4, 0.5) is 0 Å². The summed E-state index contributed by atoms with van der Waals surface area (Å²) in [5.74, 6) is -0.779. The van der Waals surface area contributed by atoms with Gasteiger partial charge in [-0.15, -0.1) is 0 Å². The van der Waals surface area contributed by atoms with Crippen molar-refractivity contribution >= 4 is 23.4 Å². The molecule has 0 amide bonds. The van der Waals surface area contributed by atoms with Gasteiger partial charge in [0, 0.05) is 17.0 Å². The number of carboxylic acid groups (broad SMARTS) is 1. The highest BCUT2D eigenvalue weighted by atomic mass is 35.5. The third-order valence-corrected chi connectivity index (χ3v) is 5.36. The first-order valence-corrected chi connectivity index (χ1v) is 8.96. The van der Waals surface area contributed by atoms with Crippen LogP contribution in [0, 0.1) is 5.41 Å². The summed E-state index contributed by atoms with van der Waals surface area (Å²) in [5.41, 5.74) is 2.35. The van der Waals surface area contributed by atoms with E-state index in [0.29, 0.717) is 17.0 Å². The number of ketones is 1. The monoisotopic (exact) mass is 356 g/mol. The number of hydrogen-bond acceptors (Lipinski definition) is 2. The Hall–Kier alpha value is -2.13. The lowest BCUT2D eigenvalue weighted by atomic mass is 9.77. The highest BCUT2D eigenvalue weighted by Gasteiger charge is 2.38. The van der Waals surface area contributed by atoms with Gasteiger partial charge in [-0.1, -0.05) is 60.8 Å². The van der Waals surface area contributed by atoms with Crippen LogP contribution < -0.4 is 0 Å². The molecule has 0 saturated heterocycles. The van der Waals surface area contributed by atoms with Crippen LogP contribution in [0.25, 0.3) is 11.1 Å². The number of carboxylic acids is 1. The molecule has 1 aliphatic carbocycles. The Morgan fingerprint density at radius 1 is 0.880 bits per heavy atom. The summed E-state index contributed by atoms with van der Waals surface area (Å²) in [6, 6.07) is 15.1. The maximum atomic E-state index is 12.7. The number of carbonyl (C=O) groups is 2. The Balaban J connectivity index is 1.74. The highest BCUT2D eigenvalue weighted by Crippen LogP contribution is 2.44. The number of aliphatic carboxylic acids is 1. The van der Waals surface area contributed by atoms with E-state index in [4.69, 9.17) is 11.6 Å². The average molecular weight is 357 g/mol. The molecule has 0 aliphatic heterocycles. The standard InChI is InChI=1S/C21H21ClO3/c22-18-9-7-16(8-10-18)15-3-5-17(6-4-15)19(23)13-21(14-20(24)25)11-1-2-12-21/h3-10H,1-2,11-14H2,(H,24,25). The van der Waals surface area contributed by atoms with Crippen LogP contribution in [0.2, 0.25) is 5.02 Å². The smallest absolute Gasteiger partial charge is 0.303 e. The number of benzene rings is 2. The van der Waals surface area contributed by atoms with Crippen molar-refractivity contribution in [2.75, 3.05) is 0 Å². The summed E-state index contributed by atoms with van der Waals surface area (Å²) >= 11 is 5.91. The summed E-state index contributed by atoms with van der Waals surface area (Å²) in [5, 5.41) is 9.87. The van der Waals surface area contributed by atoms with E-state index in [-0.39, 0.29) is 17.6 Å². The Kier molecular flexibility index (Phi) is 5.24. The Bertz CT molecular complexity index is 757. The summed E-state index contributed by atoms with van der Waals surface area (Å²) in [4.78, 5) is 23.9. The molecule has 0 aromatic heterocycles. The van der Waals surface area contributed by atoms with Gasteiger partial charge in [0.05, 0.1) is 6.42 Å². The number of carbonyl (C=O) groups excluding carboxylic acids is 1. The largest absolute Gasteiger partial charge is 0.481 e. The van der Waals surface area contributed by atoms with Gasteiger partial charge in [0.2, 0.25) is 0 Å². The molecule has 0 spiro atoms. The molecule has 0 bridgehead atoms. The predicted molar refractivity (Wildman–Crippen MR) is 99.0 cm³/mol. The van der Waals surface area contributed by atoms with Crippen LogP contribution in [0.3, 0.4) is 0 Å². The first kappa shape index (κ1) is 17.7. The summed E-state index contributed by atoms with van der Waals surface area (Å²) in [7, 11) is 0. The van der Waals surface area contributed by atoms with Gasteiger partial charge in [0.25, 0.3) is 0 Å². The maximum Gasteiger partial charge on any atom is 0.303 e. The van der Waals surface area contributed by atoms with E-state index in [1.54, 1.807) is 0 Å². The fourth-order valence-electron chi connectivity index (χ4n) is 3.80. The lowest BCUT2D eigenvalue weighted by Crippen LogP contribution is -2.24. The number of Topliss-reactive ketones (excluding diaryl/α,β-unsaturated/α-hetero) is 1. The second kappa shape index (κ2) is 7.40. The molecule has 0 heterocycles. The molecular weight excluding hydrogens is 336 g/mol. The summed E-state index contributed by atoms with van der Waals surface area (Å²) < 4.78 is 0. The molecule has 3 nitrogen and oxygen atoms in total. The van der Waals surface area contributed by atoms with E-state index in [2.05, 4.69) is 0 Å². The molecule has 3 rings (SSSR count). The molecule has 0 radical (unpaired) electrons. The number of rotatable bonds is 6. The molecule has 1 N–H and O–H groups in total. The van der Waals surface area contributed by atoms with Gasteiger partial charge in [0.15, 0.2) is 5.78 Å². The number of hydrogen-bond donors (Lipinski definition) is 1. The van der Waals surface area contributed by atoms with Crippen molar-refractivity contribution in [1.29, 1.82) is 0 Å². The number of halogens is 1. The van der Waals surface area contributed by atoms with Crippen molar-refractivity contribution in [3.8, 4) is 11.1 Å². The van der Waals surface area contributed by atoms with Crippen molar-refractivity contribution in [3.05, 3.63) is 59.1 Å². The van der Waals surface area contributed by atoms with E-state index < -0.39 is 5.97 Å². The molecule has 25 heavy (non-hydrogen) atoms. The van der Waals surface area contributed by atoms with Crippen LogP contribution in [0.5, 0.6) is 0 Å². The van der Waals surface area contributed by atoms with E-state index in [9.17, 15) is 14.7 Å². The molecule has 4 heteroatoms. The third kappa shape index (κ3) is 4.29. The minimum atomic E-state index is -0.812. The van der Waals surface area contributed by atoms with Gasteiger partial charge in [0.1, 0.15) is 0 Å². The molecule has 1 saturated carbocycles. The minimum Gasteiger partial charge on any atom is -0.481 e. The first-order chi connectivity index (χ1) is 12.0. The normalized spacial score (nSPS) is 15.9. The summed E-state index contributed by atoms with van der Waals surface area (Å²) in [6.45, 7) is 0. The molecule has 2 aromatic rings. The molecule has 0 atom stereocenters. The fraction of sp³-hybridized carbons (Fsp3) is 0.333. The minimum absolute atomic E-state index is 0.0332. The lowest BCUT2D eigenvalue weighted by molar-refractivity contribution is -0.139. The fourth-order valence-corrected chi connectivity index (χ4v) is 3.92. The van der Waals surface area contributed by atoms with Crippen LogP contribution in [0.15, 0.2) is 48.5 Å². The zero-order chi connectivity index (χ0) is 17.9. The SMILES string of the molecule is O=C(O)CC1(CC(=O)c2ccc(-c3ccc(Cl)cc3)cc2)CCCC1. The van der Waals surface area contributed by atoms with Crippen molar-refractivity contribution in [1.82, 2.24) is 0 Å². The summed E-state index contributed by atoms with van der Waals surface area (Å²) in [6.07, 6.45) is 4.08. The second-order valence-corrected chi connectivity index (χ2v) is 7.40. The van der Waals surface area contributed by atoms with Gasteiger partial charge in [-0.2, -0.15) is 0 Å². The molecule has 130 valence electrons. The van der Waals surface area contributed by atoms with Gasteiger partial charge in [-0.25, -0.2) is 0 Å². The molecule has 2 aromatic carbocycles. The average Bonchev–Trinajstić information content (AvgIpc) is 3.03. The van der Waals surface area contributed by atoms with Gasteiger partial charge >= 0.3 is 5.97 Å². The molecule has 1 fully saturated rings. The first-order valence-electron chi connectivity index (χ1n) is 8.58. The van der Waals surface area contributed by atoms with Gasteiger partial charge < -0.3 is 5.11 Å². The van der Waals surface area contributed by atoms with Gasteiger partial charge in [-0.05, 0) is 41.5 Å². The topological polar surface area (TPSA) is 54.4 Å². The van der Waals surface area contributed by atoms with Gasteiger partial charge in [-0.3, -0.25) is 9.59 Å². The Morgan fingerprint density at radius 2 is 1.40 bits per heavy atom. The molecule has 0 unspecified atom stereocenters. The Morgan fingerprint density at radius 3 is 1.92 bits per heavy atom. The predicted octanol–water partition coefficient (Wildman–Crippen LogP) is 5.61. The zero-order valence-corrected chi connectivity index (χ0v) is 14.8. The van der Waals surface area contributed by atoms with Crippen molar-refractivity contribution in [3.63, 3.8) is 0 Å². The Labute approximate surface area is 152 Å². The van der Waals surface area contributed by atoms with Crippen molar-refractivity contribution in [2.24, 2.45) is 5.41 Å². The van der Waals surface area contributed by atoms with E-state index >= 15 is 0 Å². The van der Waals surface area contributed by atoms with Crippen molar-refractivity contribution in [2.45, 2.75) is 38.5 Å². The maximum absolute atomic E-state index is 12.7. The van der Waals surface area contributed by atoms with E-state index in [1.165, 1.54) is 0 Å². The quantitative estimate of drug-likeness (QED) is 0.684. The van der Waals surface area contributed by atoms with Crippen LogP contribution in [-0.2, 0) is 4.79 Å². The third-order valence-electron chi connectivity index (χ3n) is 5.11. The van der Waals surface area contributed by atoms with Crippen molar-refractivity contribution < 1.29 is 14.7 Å². The van der Waals surface area contributed by atoms with Crippen LogP contribution in [-0.4, -0.2) is 16.9 Å². The van der Waals surface area contributed by atoms with E-state index in [1.807, 2.05) is 48.5 Å². The van der Waals surface area contributed by atoms with Crippen LogP contribution >= 0.6 is 11.6 Å². The zero-order valence-electron chi connectivity index (χ0n) is 14.0. The lowest BCUT2D eigenvalue weighted by Gasteiger charge is -2.26. The van der Waals surface area contributed by atoms with Crippen LogP contribution in [0.1, 0.15) is 48.9 Å². The highest BCUT2D eigenvalue weighted by molar-refractivity contribution is 6.30. The molecule has 1 aliphatic rings. The second-order valence-electron chi connectivity index (χ2n) is 6.96.